The largest absolute Gasteiger partial charge is 0.491 e. The second kappa shape index (κ2) is 9.16. The Morgan fingerprint density at radius 2 is 1.75 bits per heavy atom. The van der Waals surface area contributed by atoms with Crippen LogP contribution < -0.4 is 4.74 Å². The van der Waals surface area contributed by atoms with E-state index >= 15 is 0 Å². The molecule has 2 heterocycles. The lowest BCUT2D eigenvalue weighted by Crippen LogP contribution is -2.51. The van der Waals surface area contributed by atoms with E-state index in [1.165, 1.54) is 18.4 Å². The van der Waals surface area contributed by atoms with Crippen LogP contribution in [0.3, 0.4) is 0 Å². The Hall–Kier alpha value is -2.45. The number of carbonyl (C=O) groups excluding carboxylic acids is 2. The van der Waals surface area contributed by atoms with E-state index in [1.54, 1.807) is 15.2 Å². The zero-order valence-corrected chi connectivity index (χ0v) is 17.2. The standard InChI is InChI=1S/C20H25N3O4S/c1-14(2)27-16-6-4-15(5-7-16)19-21-17(13-28-19)20(25)23-10-8-22(9-11-23)18(24)12-26-3/h4-7,13-14H,8-12H2,1-3H3. The zero-order chi connectivity index (χ0) is 20.1. The molecule has 7 nitrogen and oxygen atoms in total. The van der Waals surface area contributed by atoms with Crippen LogP contribution in [0.5, 0.6) is 5.75 Å². The molecule has 0 N–H and O–H groups in total. The van der Waals surface area contributed by atoms with Gasteiger partial charge in [0.25, 0.3) is 5.91 Å². The third-order valence-corrected chi connectivity index (χ3v) is 5.28. The summed E-state index contributed by atoms with van der Waals surface area (Å²) in [6.45, 7) is 6.08. The third kappa shape index (κ3) is 4.88. The molecule has 8 heteroatoms. The molecule has 0 unspecified atom stereocenters. The van der Waals surface area contributed by atoms with Crippen LogP contribution in [0.4, 0.5) is 0 Å². The second-order valence-electron chi connectivity index (χ2n) is 6.83. The predicted molar refractivity (Wildman–Crippen MR) is 108 cm³/mol. The summed E-state index contributed by atoms with van der Waals surface area (Å²) >= 11 is 1.45. The van der Waals surface area contributed by atoms with E-state index in [-0.39, 0.29) is 24.5 Å². The smallest absolute Gasteiger partial charge is 0.273 e. The molecule has 3 rings (SSSR count). The summed E-state index contributed by atoms with van der Waals surface area (Å²) in [6.07, 6.45) is 0.125. The first-order valence-electron chi connectivity index (χ1n) is 9.26. The summed E-state index contributed by atoms with van der Waals surface area (Å²) in [4.78, 5) is 32.6. The molecular weight excluding hydrogens is 378 g/mol. The lowest BCUT2D eigenvalue weighted by Gasteiger charge is -2.34. The fourth-order valence-corrected chi connectivity index (χ4v) is 3.79. The highest BCUT2D eigenvalue weighted by Crippen LogP contribution is 2.26. The summed E-state index contributed by atoms with van der Waals surface area (Å²) in [5.74, 6) is 0.670. The van der Waals surface area contributed by atoms with Gasteiger partial charge in [0.1, 0.15) is 23.1 Å². The van der Waals surface area contributed by atoms with E-state index in [9.17, 15) is 9.59 Å². The average Bonchev–Trinajstić information content (AvgIpc) is 3.18. The number of carbonyl (C=O) groups is 2. The Morgan fingerprint density at radius 1 is 1.11 bits per heavy atom. The van der Waals surface area contributed by atoms with Crippen molar-refractivity contribution >= 4 is 23.2 Å². The first-order valence-corrected chi connectivity index (χ1v) is 10.1. The normalized spacial score (nSPS) is 14.4. The Kier molecular flexibility index (Phi) is 6.64. The molecule has 0 bridgehead atoms. The number of rotatable bonds is 6. The molecule has 150 valence electrons. The van der Waals surface area contributed by atoms with Gasteiger partial charge < -0.3 is 19.3 Å². The number of amides is 2. The number of methoxy groups -OCH3 is 1. The molecule has 28 heavy (non-hydrogen) atoms. The van der Waals surface area contributed by atoms with Crippen LogP contribution in [0.15, 0.2) is 29.6 Å². The molecule has 1 aromatic heterocycles. The molecule has 1 fully saturated rings. The molecule has 2 aromatic rings. The Bertz CT molecular complexity index is 811. The van der Waals surface area contributed by atoms with Gasteiger partial charge >= 0.3 is 0 Å². The molecule has 2 amide bonds. The van der Waals surface area contributed by atoms with E-state index in [4.69, 9.17) is 9.47 Å². The van der Waals surface area contributed by atoms with E-state index in [1.807, 2.05) is 38.1 Å². The molecule has 1 aliphatic heterocycles. The van der Waals surface area contributed by atoms with Gasteiger partial charge in [0.15, 0.2) is 0 Å². The van der Waals surface area contributed by atoms with E-state index in [0.29, 0.717) is 31.9 Å². The van der Waals surface area contributed by atoms with Gasteiger partial charge in [-0.1, -0.05) is 0 Å². The molecule has 1 saturated heterocycles. The number of aromatic nitrogens is 1. The maximum Gasteiger partial charge on any atom is 0.273 e. The van der Waals surface area contributed by atoms with Crippen LogP contribution >= 0.6 is 11.3 Å². The molecule has 0 saturated carbocycles. The van der Waals surface area contributed by atoms with Crippen molar-refractivity contribution in [1.82, 2.24) is 14.8 Å². The van der Waals surface area contributed by atoms with Crippen molar-refractivity contribution in [3.63, 3.8) is 0 Å². The van der Waals surface area contributed by atoms with Gasteiger partial charge in [-0.05, 0) is 38.1 Å². The van der Waals surface area contributed by atoms with Gasteiger partial charge in [0.05, 0.1) is 6.10 Å². The van der Waals surface area contributed by atoms with Crippen molar-refractivity contribution < 1.29 is 19.1 Å². The fourth-order valence-electron chi connectivity index (χ4n) is 2.99. The highest BCUT2D eigenvalue weighted by atomic mass is 32.1. The van der Waals surface area contributed by atoms with Crippen molar-refractivity contribution in [3.8, 4) is 16.3 Å². The quantitative estimate of drug-likeness (QED) is 0.741. The van der Waals surface area contributed by atoms with Gasteiger partial charge in [-0.15, -0.1) is 11.3 Å². The average molecular weight is 404 g/mol. The Labute approximate surface area is 168 Å². The summed E-state index contributed by atoms with van der Waals surface area (Å²) < 4.78 is 10.5. The number of ether oxygens (including phenoxy) is 2. The van der Waals surface area contributed by atoms with Gasteiger partial charge in [-0.3, -0.25) is 9.59 Å². The first-order chi connectivity index (χ1) is 13.5. The Morgan fingerprint density at radius 3 is 2.36 bits per heavy atom. The van der Waals surface area contributed by atoms with Gasteiger partial charge in [-0.25, -0.2) is 4.98 Å². The predicted octanol–water partition coefficient (Wildman–Crippen LogP) is 2.53. The highest BCUT2D eigenvalue weighted by molar-refractivity contribution is 7.13. The van der Waals surface area contributed by atoms with Gasteiger partial charge in [0, 0.05) is 44.2 Å². The third-order valence-electron chi connectivity index (χ3n) is 4.38. The summed E-state index contributed by atoms with van der Waals surface area (Å²) in [7, 11) is 1.50. The second-order valence-corrected chi connectivity index (χ2v) is 7.69. The van der Waals surface area contributed by atoms with Crippen molar-refractivity contribution in [2.45, 2.75) is 20.0 Å². The number of hydrogen-bond donors (Lipinski definition) is 0. The highest BCUT2D eigenvalue weighted by Gasteiger charge is 2.26. The van der Waals surface area contributed by atoms with Gasteiger partial charge in [-0.2, -0.15) is 0 Å². The monoisotopic (exact) mass is 403 g/mol. The number of benzene rings is 1. The van der Waals surface area contributed by atoms with Crippen LogP contribution in [0.1, 0.15) is 24.3 Å². The Balaban J connectivity index is 1.61. The van der Waals surface area contributed by atoms with Crippen LogP contribution in [0, 0.1) is 0 Å². The minimum Gasteiger partial charge on any atom is -0.491 e. The molecule has 0 aliphatic carbocycles. The number of thiazole rings is 1. The number of nitrogens with zero attached hydrogens (tertiary/aromatic N) is 3. The first kappa shape index (κ1) is 20.3. The van der Waals surface area contributed by atoms with E-state index in [2.05, 4.69) is 4.98 Å². The van der Waals surface area contributed by atoms with E-state index < -0.39 is 0 Å². The molecule has 0 atom stereocenters. The summed E-state index contributed by atoms with van der Waals surface area (Å²) in [6, 6.07) is 7.72. The van der Waals surface area contributed by atoms with Crippen molar-refractivity contribution in [3.05, 3.63) is 35.3 Å². The molecular formula is C20H25N3O4S. The number of piperazine rings is 1. The van der Waals surface area contributed by atoms with Crippen molar-refractivity contribution in [1.29, 1.82) is 0 Å². The maximum atomic E-state index is 12.7. The fraction of sp³-hybridized carbons (Fsp3) is 0.450. The minimum atomic E-state index is -0.0962. The topological polar surface area (TPSA) is 72.0 Å². The lowest BCUT2D eigenvalue weighted by atomic mass is 10.2. The zero-order valence-electron chi connectivity index (χ0n) is 16.4. The SMILES string of the molecule is COCC(=O)N1CCN(C(=O)c2csc(-c3ccc(OC(C)C)cc3)n2)CC1. The van der Waals surface area contributed by atoms with Gasteiger partial charge in [0.2, 0.25) is 5.91 Å². The van der Waals surface area contributed by atoms with Crippen molar-refractivity contribution in [2.24, 2.45) is 0 Å². The molecule has 1 aliphatic rings. The van der Waals surface area contributed by atoms with E-state index in [0.717, 1.165) is 16.3 Å². The minimum absolute atomic E-state index is 0.0459. The lowest BCUT2D eigenvalue weighted by molar-refractivity contribution is -0.136. The molecule has 0 spiro atoms. The summed E-state index contributed by atoms with van der Waals surface area (Å²) in [5, 5.41) is 2.59. The van der Waals surface area contributed by atoms with Crippen molar-refractivity contribution in [2.75, 3.05) is 39.9 Å². The number of hydrogen-bond acceptors (Lipinski definition) is 6. The van der Waals surface area contributed by atoms with Crippen LogP contribution in [0.25, 0.3) is 10.6 Å². The molecule has 0 radical (unpaired) electrons. The molecule has 1 aromatic carbocycles. The van der Waals surface area contributed by atoms with Crippen LogP contribution in [-0.4, -0.2) is 72.6 Å². The van der Waals surface area contributed by atoms with Crippen LogP contribution in [0.2, 0.25) is 0 Å². The summed E-state index contributed by atoms with van der Waals surface area (Å²) in [5.41, 5.74) is 1.40. The maximum absolute atomic E-state index is 12.7. The van der Waals surface area contributed by atoms with Crippen LogP contribution in [-0.2, 0) is 9.53 Å².